The van der Waals surface area contributed by atoms with Crippen LogP contribution in [0.15, 0.2) is 77.4 Å². The van der Waals surface area contributed by atoms with Gasteiger partial charge in [0, 0.05) is 22.9 Å². The van der Waals surface area contributed by atoms with E-state index in [-0.39, 0.29) is 11.8 Å². The quantitative estimate of drug-likeness (QED) is 0.398. The number of benzene rings is 2. The number of carbonyl (C=O) groups excluding carboxylic acids is 2. The summed E-state index contributed by atoms with van der Waals surface area (Å²) in [5.74, 6) is 0.704. The third-order valence-electron chi connectivity index (χ3n) is 4.34. The summed E-state index contributed by atoms with van der Waals surface area (Å²) >= 11 is 1.27. The van der Waals surface area contributed by atoms with E-state index in [9.17, 15) is 9.59 Å². The Balaban J connectivity index is 1.34. The van der Waals surface area contributed by atoms with Crippen molar-refractivity contribution in [1.29, 1.82) is 0 Å². The van der Waals surface area contributed by atoms with Gasteiger partial charge in [0.15, 0.2) is 0 Å². The summed E-state index contributed by atoms with van der Waals surface area (Å²) in [7, 11) is 1.60. The molecule has 0 bridgehead atoms. The summed E-state index contributed by atoms with van der Waals surface area (Å²) in [6.45, 7) is 0. The zero-order chi connectivity index (χ0) is 22.3. The second-order valence-electron chi connectivity index (χ2n) is 6.51. The number of ether oxygens (including phenoxy) is 1. The van der Waals surface area contributed by atoms with Gasteiger partial charge in [0.1, 0.15) is 16.5 Å². The lowest BCUT2D eigenvalue weighted by Crippen LogP contribution is -2.12. The maximum Gasteiger partial charge on any atom is 0.257 e. The van der Waals surface area contributed by atoms with Crippen molar-refractivity contribution in [3.63, 3.8) is 0 Å². The van der Waals surface area contributed by atoms with E-state index in [0.717, 1.165) is 11.3 Å². The summed E-state index contributed by atoms with van der Waals surface area (Å²) in [4.78, 5) is 24.5. The van der Waals surface area contributed by atoms with E-state index in [4.69, 9.17) is 9.15 Å². The van der Waals surface area contributed by atoms with Crippen LogP contribution in [-0.2, 0) is 4.79 Å². The zero-order valence-electron chi connectivity index (χ0n) is 16.9. The Hall–Kier alpha value is -4.24. The van der Waals surface area contributed by atoms with Crippen molar-refractivity contribution in [2.75, 3.05) is 17.7 Å². The van der Waals surface area contributed by atoms with E-state index in [2.05, 4.69) is 20.8 Å². The van der Waals surface area contributed by atoms with E-state index in [0.29, 0.717) is 27.2 Å². The molecule has 4 aromatic rings. The van der Waals surface area contributed by atoms with Crippen molar-refractivity contribution in [2.45, 2.75) is 0 Å². The molecule has 0 radical (unpaired) electrons. The molecule has 0 spiro atoms. The van der Waals surface area contributed by atoms with Crippen LogP contribution in [-0.4, -0.2) is 29.1 Å². The molecule has 2 aromatic heterocycles. The average Bonchev–Trinajstić information content (AvgIpc) is 3.50. The number of carbonyl (C=O) groups is 2. The third kappa shape index (κ3) is 5.27. The van der Waals surface area contributed by atoms with Crippen LogP contribution in [0.4, 0.5) is 10.8 Å². The molecule has 2 amide bonds. The van der Waals surface area contributed by atoms with E-state index < -0.39 is 0 Å². The van der Waals surface area contributed by atoms with Gasteiger partial charge >= 0.3 is 0 Å². The highest BCUT2D eigenvalue weighted by molar-refractivity contribution is 7.18. The molecule has 0 saturated carbocycles. The second-order valence-corrected chi connectivity index (χ2v) is 7.49. The molecular weight excluding hydrogens is 428 g/mol. The van der Waals surface area contributed by atoms with Gasteiger partial charge in [0.05, 0.1) is 13.4 Å². The smallest absolute Gasteiger partial charge is 0.257 e. The van der Waals surface area contributed by atoms with Crippen LogP contribution >= 0.6 is 11.3 Å². The highest BCUT2D eigenvalue weighted by Crippen LogP contribution is 2.28. The molecule has 4 rings (SSSR count). The Morgan fingerprint density at radius 3 is 2.47 bits per heavy atom. The molecule has 32 heavy (non-hydrogen) atoms. The van der Waals surface area contributed by atoms with Crippen LogP contribution in [0.25, 0.3) is 16.6 Å². The predicted octanol–water partition coefficient (Wildman–Crippen LogP) is 4.71. The fourth-order valence-corrected chi connectivity index (χ4v) is 3.47. The fraction of sp³-hybridized carbons (Fsp3) is 0.0435. The van der Waals surface area contributed by atoms with Crippen LogP contribution in [0, 0.1) is 0 Å². The Labute approximate surface area is 187 Å². The molecule has 9 heteroatoms. The van der Waals surface area contributed by atoms with E-state index in [1.807, 2.05) is 24.3 Å². The SMILES string of the molecule is COc1ccc(-c2nnc(NC(=O)c3ccc(NC(=O)/C=C/c4ccco4)cc3)s2)cc1. The maximum absolute atomic E-state index is 12.5. The van der Waals surface area contributed by atoms with Crippen LogP contribution in [0.2, 0.25) is 0 Å². The van der Waals surface area contributed by atoms with Gasteiger partial charge in [-0.2, -0.15) is 0 Å². The Morgan fingerprint density at radius 1 is 1.00 bits per heavy atom. The van der Waals surface area contributed by atoms with Crippen molar-refractivity contribution in [3.8, 4) is 16.3 Å². The molecule has 2 heterocycles. The number of nitrogens with zero attached hydrogens (tertiary/aromatic N) is 2. The number of furan rings is 1. The van der Waals surface area contributed by atoms with Crippen LogP contribution < -0.4 is 15.4 Å². The monoisotopic (exact) mass is 446 g/mol. The summed E-state index contributed by atoms with van der Waals surface area (Å²) in [6, 6.07) is 17.4. The number of rotatable bonds is 7. The van der Waals surface area contributed by atoms with Gasteiger partial charge in [-0.25, -0.2) is 0 Å². The summed E-state index contributed by atoms with van der Waals surface area (Å²) in [5.41, 5.74) is 1.87. The molecule has 0 fully saturated rings. The highest BCUT2D eigenvalue weighted by Gasteiger charge is 2.12. The van der Waals surface area contributed by atoms with E-state index in [1.54, 1.807) is 49.6 Å². The molecule has 160 valence electrons. The number of hydrogen-bond donors (Lipinski definition) is 2. The lowest BCUT2D eigenvalue weighted by atomic mass is 10.2. The molecule has 0 aliphatic heterocycles. The van der Waals surface area contributed by atoms with Crippen LogP contribution in [0.5, 0.6) is 5.75 Å². The standard InChI is InChI=1S/C23H18N4O4S/c1-30-18-10-6-16(7-11-18)22-26-27-23(32-22)25-21(29)15-4-8-17(9-5-15)24-20(28)13-12-19-3-2-14-31-19/h2-14H,1H3,(H,24,28)(H,25,27,29)/b13-12+. The Bertz CT molecular complexity index is 1230. The maximum atomic E-state index is 12.5. The zero-order valence-corrected chi connectivity index (χ0v) is 17.8. The van der Waals surface area contributed by atoms with Crippen molar-refractivity contribution in [2.24, 2.45) is 0 Å². The molecule has 2 N–H and O–H groups in total. The number of hydrogen-bond acceptors (Lipinski definition) is 7. The van der Waals surface area contributed by atoms with Gasteiger partial charge in [-0.1, -0.05) is 11.3 Å². The predicted molar refractivity (Wildman–Crippen MR) is 123 cm³/mol. The topological polar surface area (TPSA) is 106 Å². The van der Waals surface area contributed by atoms with Crippen molar-refractivity contribution in [3.05, 3.63) is 84.3 Å². The summed E-state index contributed by atoms with van der Waals surface area (Å²) in [6.07, 6.45) is 4.47. The van der Waals surface area contributed by atoms with Gasteiger partial charge in [0.2, 0.25) is 11.0 Å². The van der Waals surface area contributed by atoms with Crippen molar-refractivity contribution >= 4 is 40.0 Å². The number of amides is 2. The average molecular weight is 446 g/mol. The number of aromatic nitrogens is 2. The molecule has 0 saturated heterocycles. The van der Waals surface area contributed by atoms with Gasteiger partial charge in [0.25, 0.3) is 5.91 Å². The summed E-state index contributed by atoms with van der Waals surface area (Å²) in [5, 5.41) is 14.7. The molecular formula is C23H18N4O4S. The van der Waals surface area contributed by atoms with Gasteiger partial charge < -0.3 is 14.5 Å². The first kappa shape index (κ1) is 21.0. The van der Waals surface area contributed by atoms with Crippen LogP contribution in [0.1, 0.15) is 16.1 Å². The van der Waals surface area contributed by atoms with Gasteiger partial charge in [-0.05, 0) is 66.7 Å². The molecule has 0 atom stereocenters. The third-order valence-corrected chi connectivity index (χ3v) is 5.23. The lowest BCUT2D eigenvalue weighted by molar-refractivity contribution is -0.111. The molecule has 0 unspecified atom stereocenters. The van der Waals surface area contributed by atoms with Crippen LogP contribution in [0.3, 0.4) is 0 Å². The minimum Gasteiger partial charge on any atom is -0.497 e. The first-order chi connectivity index (χ1) is 15.6. The minimum atomic E-state index is -0.321. The van der Waals surface area contributed by atoms with Gasteiger partial charge in [-0.3, -0.25) is 14.9 Å². The molecule has 0 aliphatic rings. The first-order valence-corrected chi connectivity index (χ1v) is 10.3. The molecule has 2 aromatic carbocycles. The minimum absolute atomic E-state index is 0.307. The highest BCUT2D eigenvalue weighted by atomic mass is 32.1. The lowest BCUT2D eigenvalue weighted by Gasteiger charge is -2.04. The van der Waals surface area contributed by atoms with E-state index in [1.165, 1.54) is 23.7 Å². The summed E-state index contributed by atoms with van der Waals surface area (Å²) < 4.78 is 10.3. The molecule has 0 aliphatic carbocycles. The second kappa shape index (κ2) is 9.71. The van der Waals surface area contributed by atoms with Gasteiger partial charge in [-0.15, -0.1) is 10.2 Å². The first-order valence-electron chi connectivity index (χ1n) is 9.52. The van der Waals surface area contributed by atoms with E-state index >= 15 is 0 Å². The Kier molecular flexibility index (Phi) is 6.38. The number of methoxy groups -OCH3 is 1. The number of anilines is 2. The fourth-order valence-electron chi connectivity index (χ4n) is 2.73. The Morgan fingerprint density at radius 2 is 1.78 bits per heavy atom. The number of nitrogens with one attached hydrogen (secondary N) is 2. The normalized spacial score (nSPS) is 10.8. The molecule has 8 nitrogen and oxygen atoms in total. The van der Waals surface area contributed by atoms with Crippen molar-refractivity contribution < 1.29 is 18.7 Å². The van der Waals surface area contributed by atoms with Crippen molar-refractivity contribution in [1.82, 2.24) is 10.2 Å². The largest absolute Gasteiger partial charge is 0.497 e.